The topological polar surface area (TPSA) is 68.0 Å². The molecule has 1 aromatic carbocycles. The lowest BCUT2D eigenvalue weighted by Gasteiger charge is -2.29. The lowest BCUT2D eigenvalue weighted by Crippen LogP contribution is -2.28. The molecule has 1 unspecified atom stereocenters. The molecule has 0 fully saturated rings. The van der Waals surface area contributed by atoms with Gasteiger partial charge in [-0.2, -0.15) is 0 Å². The van der Waals surface area contributed by atoms with Gasteiger partial charge in [-0.25, -0.2) is 0 Å². The van der Waals surface area contributed by atoms with E-state index < -0.39 is 0 Å². The van der Waals surface area contributed by atoms with Crippen molar-refractivity contribution >= 4 is 11.4 Å². The van der Waals surface area contributed by atoms with Gasteiger partial charge in [0.05, 0.1) is 23.6 Å². The van der Waals surface area contributed by atoms with Gasteiger partial charge in [-0.05, 0) is 19.1 Å². The Bertz CT molecular complexity index is 566. The number of ether oxygens (including phenoxy) is 1. The van der Waals surface area contributed by atoms with Crippen LogP contribution in [0.15, 0.2) is 35.6 Å². The maximum Gasteiger partial charge on any atom is 0.275 e. The zero-order chi connectivity index (χ0) is 14.0. The van der Waals surface area contributed by atoms with Crippen molar-refractivity contribution < 1.29 is 9.66 Å². The van der Waals surface area contributed by atoms with Gasteiger partial charge < -0.3 is 9.64 Å². The van der Waals surface area contributed by atoms with Gasteiger partial charge in [0.15, 0.2) is 0 Å². The molecule has 0 saturated heterocycles. The van der Waals surface area contributed by atoms with Crippen molar-refractivity contribution in [3.8, 4) is 5.75 Å². The molecule has 0 aliphatic carbocycles. The molecule has 19 heavy (non-hydrogen) atoms. The summed E-state index contributed by atoms with van der Waals surface area (Å²) in [5.41, 5.74) is 1.46. The molecule has 0 bridgehead atoms. The summed E-state index contributed by atoms with van der Waals surface area (Å²) < 4.78 is 5.15. The van der Waals surface area contributed by atoms with Crippen molar-refractivity contribution in [2.45, 2.75) is 13.0 Å². The summed E-state index contributed by atoms with van der Waals surface area (Å²) >= 11 is 0. The number of rotatable bonds is 3. The lowest BCUT2D eigenvalue weighted by atomic mass is 9.98. The van der Waals surface area contributed by atoms with E-state index in [4.69, 9.17) is 4.74 Å². The van der Waals surface area contributed by atoms with Gasteiger partial charge in [-0.15, -0.1) is 0 Å². The fourth-order valence-corrected chi connectivity index (χ4v) is 2.20. The van der Waals surface area contributed by atoms with Crippen molar-refractivity contribution in [3.63, 3.8) is 0 Å². The number of hydrogen-bond donors (Lipinski definition) is 0. The first-order valence-electron chi connectivity index (χ1n) is 5.80. The largest absolute Gasteiger partial charge is 0.497 e. The molecule has 0 spiro atoms. The van der Waals surface area contributed by atoms with Gasteiger partial charge in [0.25, 0.3) is 5.69 Å². The van der Waals surface area contributed by atoms with Gasteiger partial charge in [-0.1, -0.05) is 0 Å². The van der Waals surface area contributed by atoms with Gasteiger partial charge >= 0.3 is 0 Å². The van der Waals surface area contributed by atoms with E-state index in [2.05, 4.69) is 4.99 Å². The third kappa shape index (κ3) is 2.42. The molecule has 1 aliphatic rings. The van der Waals surface area contributed by atoms with Crippen molar-refractivity contribution in [1.82, 2.24) is 4.90 Å². The Morgan fingerprint density at radius 2 is 2.21 bits per heavy atom. The van der Waals surface area contributed by atoms with E-state index in [0.29, 0.717) is 11.3 Å². The average Bonchev–Trinajstić information content (AvgIpc) is 2.38. The van der Waals surface area contributed by atoms with Crippen LogP contribution >= 0.6 is 0 Å². The maximum atomic E-state index is 11.2. The van der Waals surface area contributed by atoms with Crippen LogP contribution in [0, 0.1) is 10.1 Å². The molecule has 6 nitrogen and oxygen atoms in total. The molecule has 2 rings (SSSR count). The fourth-order valence-electron chi connectivity index (χ4n) is 2.20. The Morgan fingerprint density at radius 3 is 2.79 bits per heavy atom. The molecular formula is C13H15N3O3. The molecule has 0 radical (unpaired) electrons. The zero-order valence-corrected chi connectivity index (χ0v) is 11.0. The minimum atomic E-state index is -0.381. The predicted octanol–water partition coefficient (Wildman–Crippen LogP) is 2.52. The first-order valence-corrected chi connectivity index (χ1v) is 5.80. The van der Waals surface area contributed by atoms with Crippen LogP contribution in [-0.2, 0) is 0 Å². The van der Waals surface area contributed by atoms with Gasteiger partial charge in [0.2, 0.25) is 0 Å². The molecule has 6 heteroatoms. The summed E-state index contributed by atoms with van der Waals surface area (Å²) in [4.78, 5) is 16.9. The zero-order valence-electron chi connectivity index (χ0n) is 11.0. The first kappa shape index (κ1) is 13.1. The molecule has 1 aliphatic heterocycles. The van der Waals surface area contributed by atoms with Gasteiger partial charge in [0, 0.05) is 31.2 Å². The SMILES string of the molecule is COc1ccc([N+](=O)[O-])c(C2C(C)=NC=CN2C)c1. The van der Waals surface area contributed by atoms with Crippen LogP contribution in [0.1, 0.15) is 18.5 Å². The lowest BCUT2D eigenvalue weighted by molar-refractivity contribution is -0.385. The standard InChI is InChI=1S/C13H15N3O3/c1-9-13(15(2)7-6-14-9)11-8-10(19-3)4-5-12(11)16(17)18/h4-8,13H,1-3H3. The van der Waals surface area contributed by atoms with E-state index in [1.165, 1.54) is 13.2 Å². The highest BCUT2D eigenvalue weighted by Gasteiger charge is 2.28. The molecule has 0 amide bonds. The highest BCUT2D eigenvalue weighted by Crippen LogP contribution is 2.34. The van der Waals surface area contributed by atoms with Crippen LogP contribution in [0.4, 0.5) is 5.69 Å². The van der Waals surface area contributed by atoms with E-state index in [1.807, 2.05) is 18.9 Å². The highest BCUT2D eigenvalue weighted by atomic mass is 16.6. The summed E-state index contributed by atoms with van der Waals surface area (Å²) in [6, 6.07) is 4.50. The molecule has 1 atom stereocenters. The fraction of sp³-hybridized carbons (Fsp3) is 0.308. The third-order valence-electron chi connectivity index (χ3n) is 3.11. The Hall–Kier alpha value is -2.37. The Morgan fingerprint density at radius 1 is 1.47 bits per heavy atom. The quantitative estimate of drug-likeness (QED) is 0.619. The Balaban J connectivity index is 2.56. The second-order valence-corrected chi connectivity index (χ2v) is 4.32. The average molecular weight is 261 g/mol. The summed E-state index contributed by atoms with van der Waals surface area (Å²) in [7, 11) is 3.40. The third-order valence-corrected chi connectivity index (χ3v) is 3.11. The predicted molar refractivity (Wildman–Crippen MR) is 72.4 cm³/mol. The smallest absolute Gasteiger partial charge is 0.275 e. The minimum absolute atomic E-state index is 0.0718. The molecule has 0 N–H and O–H groups in total. The molecular weight excluding hydrogens is 246 g/mol. The normalized spacial score (nSPS) is 18.2. The van der Waals surface area contributed by atoms with Crippen molar-refractivity contribution in [3.05, 3.63) is 46.3 Å². The molecule has 0 saturated carbocycles. The maximum absolute atomic E-state index is 11.2. The number of aliphatic imine (C=N–C) groups is 1. The van der Waals surface area contributed by atoms with Crippen molar-refractivity contribution in [2.24, 2.45) is 4.99 Å². The molecule has 1 aromatic rings. The first-order chi connectivity index (χ1) is 9.04. The Kier molecular flexibility index (Phi) is 3.50. The van der Waals surface area contributed by atoms with Crippen molar-refractivity contribution in [1.29, 1.82) is 0 Å². The summed E-state index contributed by atoms with van der Waals surface area (Å²) in [5.74, 6) is 0.594. The second-order valence-electron chi connectivity index (χ2n) is 4.32. The number of benzene rings is 1. The van der Waals surface area contributed by atoms with E-state index in [9.17, 15) is 10.1 Å². The summed E-state index contributed by atoms with van der Waals surface area (Å²) in [5, 5.41) is 11.2. The second kappa shape index (κ2) is 5.09. The monoisotopic (exact) mass is 261 g/mol. The number of methoxy groups -OCH3 is 1. The van der Waals surface area contributed by atoms with E-state index >= 15 is 0 Å². The van der Waals surface area contributed by atoms with Gasteiger partial charge in [-0.3, -0.25) is 15.1 Å². The Labute approximate surface area is 111 Å². The van der Waals surface area contributed by atoms with Crippen LogP contribution in [0.25, 0.3) is 0 Å². The van der Waals surface area contributed by atoms with Crippen LogP contribution < -0.4 is 4.74 Å². The van der Waals surface area contributed by atoms with Gasteiger partial charge in [0.1, 0.15) is 5.75 Å². The van der Waals surface area contributed by atoms with Crippen molar-refractivity contribution in [2.75, 3.05) is 14.2 Å². The summed E-state index contributed by atoms with van der Waals surface area (Å²) in [6.07, 6.45) is 3.47. The molecule has 1 heterocycles. The van der Waals surface area contributed by atoms with E-state index in [0.717, 1.165) is 5.71 Å². The van der Waals surface area contributed by atoms with Crippen LogP contribution in [-0.4, -0.2) is 29.7 Å². The van der Waals surface area contributed by atoms with E-state index in [1.54, 1.807) is 24.5 Å². The molecule has 100 valence electrons. The van der Waals surface area contributed by atoms with E-state index in [-0.39, 0.29) is 16.7 Å². The number of nitro groups is 1. The van der Waals surface area contributed by atoms with Crippen LogP contribution in [0.3, 0.4) is 0 Å². The van der Waals surface area contributed by atoms with Crippen LogP contribution in [0.2, 0.25) is 0 Å². The number of nitro benzene ring substituents is 1. The highest BCUT2D eigenvalue weighted by molar-refractivity contribution is 5.90. The number of hydrogen-bond acceptors (Lipinski definition) is 5. The molecule has 0 aromatic heterocycles. The van der Waals surface area contributed by atoms with Crippen LogP contribution in [0.5, 0.6) is 5.75 Å². The summed E-state index contributed by atoms with van der Waals surface area (Å²) in [6.45, 7) is 1.86. The minimum Gasteiger partial charge on any atom is -0.497 e. The number of nitrogens with zero attached hydrogens (tertiary/aromatic N) is 3.